The molecule has 0 spiro atoms. The summed E-state index contributed by atoms with van der Waals surface area (Å²) in [5.41, 5.74) is 4.13. The molecule has 0 atom stereocenters. The Labute approximate surface area is 158 Å². The summed E-state index contributed by atoms with van der Waals surface area (Å²) < 4.78 is 34.9. The number of hydrogen-bond acceptors (Lipinski definition) is 5. The van der Waals surface area contributed by atoms with Gasteiger partial charge in [-0.05, 0) is 52.2 Å². The van der Waals surface area contributed by atoms with Crippen LogP contribution in [0.4, 0.5) is 5.69 Å². The highest BCUT2D eigenvalue weighted by atomic mass is 32.2. The van der Waals surface area contributed by atoms with Crippen LogP contribution in [0.3, 0.4) is 0 Å². The van der Waals surface area contributed by atoms with E-state index in [1.54, 1.807) is 19.9 Å². The standard InChI is InChI=1S/C19H22N4O3S/c1-10-5-8-15(11(2)9-10)23-27(24,25)17-13(4)20-12(3)16(17)19-22-21-18(26-19)14-6-7-14/h5,8-9,14,20,23H,6-7H2,1-4H3. The van der Waals surface area contributed by atoms with E-state index in [1.165, 1.54) is 0 Å². The van der Waals surface area contributed by atoms with Gasteiger partial charge in [-0.3, -0.25) is 4.72 Å². The Morgan fingerprint density at radius 1 is 1.11 bits per heavy atom. The monoisotopic (exact) mass is 386 g/mol. The molecule has 27 heavy (non-hydrogen) atoms. The molecule has 1 fully saturated rings. The summed E-state index contributed by atoms with van der Waals surface area (Å²) in [5.74, 6) is 1.12. The van der Waals surface area contributed by atoms with Crippen LogP contribution in [0.15, 0.2) is 27.5 Å². The average Bonchev–Trinajstić information content (AvgIpc) is 3.23. The van der Waals surface area contributed by atoms with Gasteiger partial charge in [0.05, 0.1) is 11.3 Å². The quantitative estimate of drug-likeness (QED) is 0.691. The van der Waals surface area contributed by atoms with Gasteiger partial charge in [0.25, 0.3) is 15.9 Å². The molecule has 0 radical (unpaired) electrons. The first-order valence-electron chi connectivity index (χ1n) is 8.89. The van der Waals surface area contributed by atoms with E-state index in [4.69, 9.17) is 4.42 Å². The smallest absolute Gasteiger partial charge is 0.264 e. The lowest BCUT2D eigenvalue weighted by Gasteiger charge is -2.12. The van der Waals surface area contributed by atoms with Gasteiger partial charge in [0.1, 0.15) is 4.90 Å². The predicted molar refractivity (Wildman–Crippen MR) is 102 cm³/mol. The number of aromatic nitrogens is 3. The van der Waals surface area contributed by atoms with E-state index in [1.807, 2.05) is 26.0 Å². The molecule has 1 aliphatic carbocycles. The summed E-state index contributed by atoms with van der Waals surface area (Å²) in [4.78, 5) is 3.24. The molecule has 2 N–H and O–H groups in total. The lowest BCUT2D eigenvalue weighted by Crippen LogP contribution is -2.15. The Morgan fingerprint density at radius 3 is 2.52 bits per heavy atom. The first-order chi connectivity index (χ1) is 12.8. The second-order valence-electron chi connectivity index (χ2n) is 7.22. The average molecular weight is 386 g/mol. The Balaban J connectivity index is 1.78. The van der Waals surface area contributed by atoms with Crippen LogP contribution in [0.1, 0.15) is 47.2 Å². The summed E-state index contributed by atoms with van der Waals surface area (Å²) in [7, 11) is -3.84. The molecule has 0 unspecified atom stereocenters. The molecule has 0 saturated heterocycles. The van der Waals surface area contributed by atoms with Crippen LogP contribution in [-0.2, 0) is 10.0 Å². The molecule has 1 aromatic carbocycles. The van der Waals surface area contributed by atoms with Gasteiger partial charge < -0.3 is 9.40 Å². The van der Waals surface area contributed by atoms with E-state index in [0.29, 0.717) is 34.4 Å². The molecule has 1 aliphatic rings. The van der Waals surface area contributed by atoms with Crippen molar-refractivity contribution >= 4 is 15.7 Å². The van der Waals surface area contributed by atoms with Gasteiger partial charge in [0.15, 0.2) is 0 Å². The number of nitrogens with zero attached hydrogens (tertiary/aromatic N) is 2. The molecule has 0 aliphatic heterocycles. The summed E-state index contributed by atoms with van der Waals surface area (Å²) in [6.07, 6.45) is 2.07. The van der Waals surface area contributed by atoms with E-state index < -0.39 is 10.0 Å². The van der Waals surface area contributed by atoms with Crippen LogP contribution < -0.4 is 4.72 Å². The minimum absolute atomic E-state index is 0.144. The van der Waals surface area contributed by atoms with Crippen molar-refractivity contribution < 1.29 is 12.8 Å². The van der Waals surface area contributed by atoms with Gasteiger partial charge in [-0.25, -0.2) is 8.42 Å². The highest BCUT2D eigenvalue weighted by molar-refractivity contribution is 7.93. The molecule has 0 bridgehead atoms. The fourth-order valence-corrected chi connectivity index (χ4v) is 4.89. The third-order valence-electron chi connectivity index (χ3n) is 4.79. The van der Waals surface area contributed by atoms with E-state index in [9.17, 15) is 8.42 Å². The zero-order valence-corrected chi connectivity index (χ0v) is 16.6. The highest BCUT2D eigenvalue weighted by Crippen LogP contribution is 2.41. The van der Waals surface area contributed by atoms with Crippen molar-refractivity contribution in [2.24, 2.45) is 0 Å². The van der Waals surface area contributed by atoms with Crippen molar-refractivity contribution in [3.05, 3.63) is 46.6 Å². The van der Waals surface area contributed by atoms with Crippen LogP contribution in [0, 0.1) is 27.7 Å². The van der Waals surface area contributed by atoms with Gasteiger partial charge in [-0.2, -0.15) is 0 Å². The fourth-order valence-electron chi connectivity index (χ4n) is 3.31. The SMILES string of the molecule is Cc1ccc(NS(=O)(=O)c2c(C)[nH]c(C)c2-c2nnc(C3CC3)o2)c(C)c1. The van der Waals surface area contributed by atoms with Gasteiger partial charge in [0, 0.05) is 17.3 Å². The molecular weight excluding hydrogens is 364 g/mol. The molecule has 8 heteroatoms. The first-order valence-corrected chi connectivity index (χ1v) is 10.4. The third kappa shape index (κ3) is 3.25. The molecule has 3 aromatic rings. The molecule has 7 nitrogen and oxygen atoms in total. The topological polar surface area (TPSA) is 101 Å². The highest BCUT2D eigenvalue weighted by Gasteiger charge is 2.33. The second-order valence-corrected chi connectivity index (χ2v) is 8.84. The Hall–Kier alpha value is -2.61. The number of sulfonamides is 1. The molecule has 4 rings (SSSR count). The van der Waals surface area contributed by atoms with Gasteiger partial charge in [-0.1, -0.05) is 17.7 Å². The number of H-pyrrole nitrogens is 1. The minimum atomic E-state index is -3.84. The van der Waals surface area contributed by atoms with Crippen molar-refractivity contribution in [2.75, 3.05) is 4.72 Å². The number of aryl methyl sites for hydroxylation is 4. The summed E-state index contributed by atoms with van der Waals surface area (Å²) in [5, 5.41) is 8.19. The number of benzene rings is 1. The lowest BCUT2D eigenvalue weighted by atomic mass is 10.1. The van der Waals surface area contributed by atoms with Crippen LogP contribution in [0.25, 0.3) is 11.5 Å². The van der Waals surface area contributed by atoms with Crippen molar-refractivity contribution in [3.8, 4) is 11.5 Å². The van der Waals surface area contributed by atoms with E-state index in [-0.39, 0.29) is 10.8 Å². The predicted octanol–water partition coefficient (Wildman–Crippen LogP) is 3.98. The number of rotatable bonds is 5. The number of nitrogens with one attached hydrogen (secondary N) is 2. The number of anilines is 1. The molecule has 0 amide bonds. The molecular formula is C19H22N4O3S. The maximum Gasteiger partial charge on any atom is 0.264 e. The number of hydrogen-bond donors (Lipinski definition) is 2. The Morgan fingerprint density at radius 2 is 1.85 bits per heavy atom. The van der Waals surface area contributed by atoms with Crippen molar-refractivity contribution in [3.63, 3.8) is 0 Å². The molecule has 2 aromatic heterocycles. The Kier molecular flexibility index (Phi) is 4.10. The molecule has 1 saturated carbocycles. The Bertz CT molecular complexity index is 1120. The van der Waals surface area contributed by atoms with Crippen LogP contribution in [-0.4, -0.2) is 23.6 Å². The van der Waals surface area contributed by atoms with Crippen LogP contribution in [0.5, 0.6) is 0 Å². The maximum absolute atomic E-state index is 13.2. The van der Waals surface area contributed by atoms with E-state index in [2.05, 4.69) is 19.9 Å². The van der Waals surface area contributed by atoms with Gasteiger partial charge >= 0.3 is 0 Å². The molecule has 142 valence electrons. The zero-order valence-electron chi connectivity index (χ0n) is 15.8. The second kappa shape index (κ2) is 6.23. The minimum Gasteiger partial charge on any atom is -0.420 e. The normalized spacial score (nSPS) is 14.5. The van der Waals surface area contributed by atoms with Crippen molar-refractivity contribution in [1.29, 1.82) is 0 Å². The number of aromatic amines is 1. The molecule has 2 heterocycles. The lowest BCUT2D eigenvalue weighted by molar-refractivity contribution is 0.507. The summed E-state index contributed by atoms with van der Waals surface area (Å²) in [6, 6.07) is 5.59. The third-order valence-corrected chi connectivity index (χ3v) is 6.33. The zero-order chi connectivity index (χ0) is 19.3. The maximum atomic E-state index is 13.2. The van der Waals surface area contributed by atoms with E-state index >= 15 is 0 Å². The first kappa shape index (κ1) is 17.8. The van der Waals surface area contributed by atoms with Crippen molar-refractivity contribution in [1.82, 2.24) is 15.2 Å². The summed E-state index contributed by atoms with van der Waals surface area (Å²) >= 11 is 0. The fraction of sp³-hybridized carbons (Fsp3) is 0.368. The van der Waals surface area contributed by atoms with Crippen LogP contribution >= 0.6 is 0 Å². The van der Waals surface area contributed by atoms with Gasteiger partial charge in [0.2, 0.25) is 5.89 Å². The largest absolute Gasteiger partial charge is 0.420 e. The van der Waals surface area contributed by atoms with Crippen LogP contribution in [0.2, 0.25) is 0 Å². The van der Waals surface area contributed by atoms with Gasteiger partial charge in [-0.15, -0.1) is 10.2 Å². The van der Waals surface area contributed by atoms with Crippen molar-refractivity contribution in [2.45, 2.75) is 51.3 Å². The summed E-state index contributed by atoms with van der Waals surface area (Å²) in [6.45, 7) is 7.38. The van der Waals surface area contributed by atoms with E-state index in [0.717, 1.165) is 24.0 Å².